The summed E-state index contributed by atoms with van der Waals surface area (Å²) in [6.07, 6.45) is 1.90. The van der Waals surface area contributed by atoms with Crippen LogP contribution in [0, 0.1) is 34.8 Å². The molecule has 1 aliphatic carbocycles. The summed E-state index contributed by atoms with van der Waals surface area (Å²) in [4.78, 5) is 30.5. The van der Waals surface area contributed by atoms with Gasteiger partial charge in [0, 0.05) is 35.1 Å². The van der Waals surface area contributed by atoms with Crippen LogP contribution in [0.25, 0.3) is 10.9 Å². The predicted octanol–water partition coefficient (Wildman–Crippen LogP) is 6.30. The minimum absolute atomic E-state index is 0.0628. The monoisotopic (exact) mass is 645 g/mol. The summed E-state index contributed by atoms with van der Waals surface area (Å²) >= 11 is 0. The molecule has 2 amide bonds. The first-order valence-corrected chi connectivity index (χ1v) is 15.3. The fourth-order valence-electron chi connectivity index (χ4n) is 6.55. The van der Waals surface area contributed by atoms with Crippen molar-refractivity contribution < 1.29 is 42.1 Å². The van der Waals surface area contributed by atoms with E-state index in [1.165, 1.54) is 36.4 Å². The lowest BCUT2D eigenvalue weighted by Crippen LogP contribution is -2.26. The van der Waals surface area contributed by atoms with Crippen LogP contribution in [0.1, 0.15) is 20.3 Å². The van der Waals surface area contributed by atoms with E-state index in [-0.39, 0.29) is 35.7 Å². The van der Waals surface area contributed by atoms with Crippen molar-refractivity contribution in [2.75, 3.05) is 31.0 Å². The number of carbonyl (C=O) groups excluding carboxylic acids is 2. The highest BCUT2D eigenvalue weighted by Crippen LogP contribution is 2.59. The molecule has 3 heterocycles. The number of ether oxygens (including phenoxy) is 5. The fraction of sp³-hybridized carbons (Fsp3) is 0.343. The lowest BCUT2D eigenvalue weighted by atomic mass is 10.0. The summed E-state index contributed by atoms with van der Waals surface area (Å²) in [6, 6.07) is 14.6. The minimum atomic E-state index is -0.700. The lowest BCUT2D eigenvalue weighted by Gasteiger charge is -2.20. The van der Waals surface area contributed by atoms with Gasteiger partial charge in [0.05, 0.1) is 43.6 Å². The molecular weight excluding hydrogens is 612 g/mol. The highest BCUT2D eigenvalue weighted by atomic mass is 19.1. The third kappa shape index (κ3) is 5.94. The van der Waals surface area contributed by atoms with Crippen molar-refractivity contribution in [2.45, 2.75) is 32.7 Å². The highest BCUT2D eigenvalue weighted by molar-refractivity contribution is 6.04. The zero-order chi connectivity index (χ0) is 32.9. The number of nitrogens with zero attached hydrogens (tertiary/aromatic N) is 1. The van der Waals surface area contributed by atoms with E-state index in [4.69, 9.17) is 23.7 Å². The zero-order valence-corrected chi connectivity index (χ0v) is 25.9. The second-order valence-electron chi connectivity index (χ2n) is 12.5. The molecule has 47 heavy (non-hydrogen) atoms. The van der Waals surface area contributed by atoms with Gasteiger partial charge in [0.1, 0.15) is 17.7 Å². The molecule has 5 atom stereocenters. The standard InChI is InChI=1S/C35H33F2N3O7/c1-35(2)30(32(41)39-19-6-4-18(36)5-7-19)31(35)33(42)40-20-8-9-26(23(37)14-20)46-25-10-12-38-24-16-27(43-3)28(15-22(24)25)47-29-17-45-34-21(29)11-13-44-34/h4-10,12,14-16,21,29-31,34H,11,13,17H2,1-3H3,(H,39,41)(H,40,42)/t21-,29+,30-,31+,34+/m0/s1. The Kier molecular flexibility index (Phi) is 7.93. The van der Waals surface area contributed by atoms with Crippen LogP contribution in [0.2, 0.25) is 0 Å². The van der Waals surface area contributed by atoms with Gasteiger partial charge in [-0.25, -0.2) is 8.78 Å². The summed E-state index contributed by atoms with van der Waals surface area (Å²) < 4.78 is 57.8. The van der Waals surface area contributed by atoms with Gasteiger partial charge in [-0.3, -0.25) is 14.6 Å². The second kappa shape index (κ2) is 12.1. The summed E-state index contributed by atoms with van der Waals surface area (Å²) in [6.45, 7) is 4.64. The van der Waals surface area contributed by atoms with Gasteiger partial charge in [-0.1, -0.05) is 13.8 Å². The maximum absolute atomic E-state index is 15.4. The zero-order valence-electron chi connectivity index (χ0n) is 25.9. The Morgan fingerprint density at radius 2 is 1.60 bits per heavy atom. The van der Waals surface area contributed by atoms with Gasteiger partial charge in [0.2, 0.25) is 11.8 Å². The summed E-state index contributed by atoms with van der Waals surface area (Å²) in [5.41, 5.74) is 0.585. The number of hydrogen-bond donors (Lipinski definition) is 2. The molecule has 0 radical (unpaired) electrons. The van der Waals surface area contributed by atoms with Crippen LogP contribution in [0.15, 0.2) is 66.9 Å². The van der Waals surface area contributed by atoms with Crippen molar-refractivity contribution in [3.63, 3.8) is 0 Å². The van der Waals surface area contributed by atoms with Crippen LogP contribution in [-0.4, -0.2) is 49.5 Å². The van der Waals surface area contributed by atoms with E-state index >= 15 is 4.39 Å². The van der Waals surface area contributed by atoms with Crippen molar-refractivity contribution in [2.24, 2.45) is 23.2 Å². The smallest absolute Gasteiger partial charge is 0.228 e. The molecule has 0 spiro atoms. The van der Waals surface area contributed by atoms with E-state index in [1.54, 1.807) is 31.5 Å². The number of fused-ring (bicyclic) bond motifs is 2. The Labute approximate surface area is 269 Å². The summed E-state index contributed by atoms with van der Waals surface area (Å²) in [7, 11) is 1.55. The molecule has 3 aromatic carbocycles. The molecule has 3 fully saturated rings. The first-order valence-electron chi connectivity index (χ1n) is 15.3. The number of aromatic nitrogens is 1. The Hall–Kier alpha value is -4.81. The number of nitrogens with one attached hydrogen (secondary N) is 2. The first-order chi connectivity index (χ1) is 22.6. The van der Waals surface area contributed by atoms with E-state index in [0.29, 0.717) is 47.1 Å². The number of benzene rings is 3. The fourth-order valence-corrected chi connectivity index (χ4v) is 6.55. The van der Waals surface area contributed by atoms with Crippen molar-refractivity contribution in [1.29, 1.82) is 0 Å². The van der Waals surface area contributed by atoms with Gasteiger partial charge >= 0.3 is 0 Å². The normalized spacial score (nSPS) is 24.0. The van der Waals surface area contributed by atoms with Crippen LogP contribution in [0.5, 0.6) is 23.0 Å². The van der Waals surface area contributed by atoms with Crippen molar-refractivity contribution in [3.8, 4) is 23.0 Å². The average molecular weight is 646 g/mol. The van der Waals surface area contributed by atoms with E-state index in [2.05, 4.69) is 15.6 Å². The molecular formula is C35H33F2N3O7. The topological polar surface area (TPSA) is 117 Å². The molecule has 10 nitrogen and oxygen atoms in total. The molecule has 0 unspecified atom stereocenters. The van der Waals surface area contributed by atoms with E-state index < -0.39 is 34.8 Å². The quantitative estimate of drug-likeness (QED) is 0.218. The second-order valence-corrected chi connectivity index (χ2v) is 12.5. The van der Waals surface area contributed by atoms with Gasteiger partial charge in [-0.05, 0) is 60.4 Å². The molecule has 2 aliphatic heterocycles. The van der Waals surface area contributed by atoms with E-state index in [1.807, 2.05) is 13.8 Å². The Morgan fingerprint density at radius 1 is 0.872 bits per heavy atom. The van der Waals surface area contributed by atoms with Crippen LogP contribution >= 0.6 is 0 Å². The van der Waals surface area contributed by atoms with Crippen molar-refractivity contribution in [3.05, 3.63) is 78.5 Å². The summed E-state index contributed by atoms with van der Waals surface area (Å²) in [5, 5.41) is 6.04. The number of carbonyl (C=O) groups is 2. The molecule has 0 bridgehead atoms. The highest BCUT2D eigenvalue weighted by Gasteiger charge is 2.65. The van der Waals surface area contributed by atoms with Crippen molar-refractivity contribution >= 4 is 34.1 Å². The Balaban J connectivity index is 1.05. The van der Waals surface area contributed by atoms with Crippen molar-refractivity contribution in [1.82, 2.24) is 4.98 Å². The lowest BCUT2D eigenvalue weighted by molar-refractivity contribution is -0.122. The van der Waals surface area contributed by atoms with Crippen LogP contribution in [-0.2, 0) is 19.1 Å². The van der Waals surface area contributed by atoms with Gasteiger partial charge in [-0.15, -0.1) is 0 Å². The third-order valence-electron chi connectivity index (χ3n) is 9.17. The molecule has 1 aromatic heterocycles. The number of methoxy groups -OCH3 is 1. The van der Waals surface area contributed by atoms with Gasteiger partial charge in [0.25, 0.3) is 0 Å². The molecule has 2 N–H and O–H groups in total. The number of hydrogen-bond acceptors (Lipinski definition) is 8. The number of halogens is 2. The molecule has 7 rings (SSSR count). The number of rotatable bonds is 9. The molecule has 244 valence electrons. The molecule has 3 aliphatic rings. The maximum atomic E-state index is 15.4. The Morgan fingerprint density at radius 3 is 2.32 bits per heavy atom. The number of anilines is 2. The van der Waals surface area contributed by atoms with Gasteiger partial charge in [-0.2, -0.15) is 0 Å². The average Bonchev–Trinajstić information content (AvgIpc) is 3.31. The first kappa shape index (κ1) is 30.8. The molecule has 12 heteroatoms. The third-order valence-corrected chi connectivity index (χ3v) is 9.17. The Bertz CT molecular complexity index is 1850. The van der Waals surface area contributed by atoms with Gasteiger partial charge in [0.15, 0.2) is 29.4 Å². The largest absolute Gasteiger partial charge is 0.493 e. The van der Waals surface area contributed by atoms with Crippen LogP contribution in [0.3, 0.4) is 0 Å². The molecule has 1 saturated carbocycles. The number of pyridine rings is 1. The SMILES string of the molecule is COc1cc2nccc(Oc3ccc(NC(=O)[C@H]4[C@@H](C(=O)Nc5ccc(F)cc5)C4(C)C)cc3F)c2cc1O[C@@H]1CO[C@H]2OCC[C@H]21. The summed E-state index contributed by atoms with van der Waals surface area (Å²) in [5.74, 6) is -1.76. The van der Waals surface area contributed by atoms with Crippen LogP contribution in [0.4, 0.5) is 20.2 Å². The predicted molar refractivity (Wildman–Crippen MR) is 167 cm³/mol. The maximum Gasteiger partial charge on any atom is 0.228 e. The van der Waals surface area contributed by atoms with Gasteiger partial charge < -0.3 is 34.3 Å². The minimum Gasteiger partial charge on any atom is -0.493 e. The molecule has 2 saturated heterocycles. The van der Waals surface area contributed by atoms with E-state index in [0.717, 1.165) is 12.5 Å². The molecule has 4 aromatic rings. The van der Waals surface area contributed by atoms with Crippen LogP contribution < -0.4 is 24.8 Å². The number of amides is 2. The van der Waals surface area contributed by atoms with E-state index in [9.17, 15) is 14.0 Å².